The zero-order valence-electron chi connectivity index (χ0n) is 14.7. The van der Waals surface area contributed by atoms with E-state index in [1.54, 1.807) is 18.2 Å². The minimum atomic E-state index is -0.362. The number of rotatable bonds is 5. The molecule has 1 heterocycles. The van der Waals surface area contributed by atoms with Crippen LogP contribution in [0.2, 0.25) is 0 Å². The van der Waals surface area contributed by atoms with Crippen molar-refractivity contribution >= 4 is 45.3 Å². The zero-order chi connectivity index (χ0) is 19.2. The van der Waals surface area contributed by atoms with Gasteiger partial charge in [-0.2, -0.15) is 10.1 Å². The molecule has 3 rings (SSSR count). The molecular formula is C20H18BrN3O3. The average molecular weight is 428 g/mol. The molecule has 1 aliphatic rings. The standard InChI is InChI=1S/C20H18BrN3O3/c1-2-27-17-10-9-15(21)12-14(17)8-11-19(25)22-18-13-20(26)24(23-18)16-6-4-3-5-7-16/h3-12H,2,13H2,1H3,(H,22,23,25)/b11-8+. The number of nitrogens with zero attached hydrogens (tertiary/aromatic N) is 2. The third kappa shape index (κ3) is 4.83. The first kappa shape index (κ1) is 18.8. The van der Waals surface area contributed by atoms with Gasteiger partial charge in [-0.05, 0) is 43.3 Å². The highest BCUT2D eigenvalue weighted by Gasteiger charge is 2.25. The maximum absolute atomic E-state index is 12.2. The van der Waals surface area contributed by atoms with Crippen LogP contribution in [0.15, 0.2) is 64.2 Å². The fraction of sp³-hybridized carbons (Fsp3) is 0.150. The maximum Gasteiger partial charge on any atom is 0.255 e. The van der Waals surface area contributed by atoms with Crippen LogP contribution in [0.3, 0.4) is 0 Å². The summed E-state index contributed by atoms with van der Waals surface area (Å²) in [4.78, 5) is 24.3. The van der Waals surface area contributed by atoms with Crippen LogP contribution in [0, 0.1) is 0 Å². The number of carbonyl (C=O) groups excluding carboxylic acids is 2. The van der Waals surface area contributed by atoms with Crippen molar-refractivity contribution in [3.8, 4) is 5.75 Å². The molecule has 2 amide bonds. The predicted octanol–water partition coefficient (Wildman–Crippen LogP) is 3.73. The van der Waals surface area contributed by atoms with E-state index in [1.165, 1.54) is 11.1 Å². The van der Waals surface area contributed by atoms with Gasteiger partial charge in [0.1, 0.15) is 11.6 Å². The molecule has 0 aliphatic carbocycles. The molecule has 1 aliphatic heterocycles. The average Bonchev–Trinajstić information content (AvgIpc) is 3.03. The van der Waals surface area contributed by atoms with Crippen molar-refractivity contribution in [1.82, 2.24) is 5.32 Å². The zero-order valence-corrected chi connectivity index (χ0v) is 16.3. The van der Waals surface area contributed by atoms with Gasteiger partial charge < -0.3 is 10.1 Å². The van der Waals surface area contributed by atoms with E-state index in [0.29, 0.717) is 23.9 Å². The normalized spacial score (nSPS) is 13.8. The van der Waals surface area contributed by atoms with E-state index in [2.05, 4.69) is 26.3 Å². The monoisotopic (exact) mass is 427 g/mol. The minimum Gasteiger partial charge on any atom is -0.493 e. The van der Waals surface area contributed by atoms with Crippen LogP contribution in [0.5, 0.6) is 5.75 Å². The van der Waals surface area contributed by atoms with Crippen molar-refractivity contribution in [2.24, 2.45) is 5.10 Å². The van der Waals surface area contributed by atoms with Gasteiger partial charge in [-0.3, -0.25) is 9.59 Å². The molecule has 0 spiro atoms. The number of hydrogen-bond acceptors (Lipinski definition) is 4. The number of carbonyl (C=O) groups is 2. The van der Waals surface area contributed by atoms with E-state index < -0.39 is 0 Å². The summed E-state index contributed by atoms with van der Waals surface area (Å²) >= 11 is 3.41. The van der Waals surface area contributed by atoms with E-state index in [0.717, 1.165) is 10.0 Å². The molecule has 0 fully saturated rings. The SMILES string of the molecule is CCOc1ccc(Br)cc1/C=C/C(=O)NC1=NN(c2ccccc2)C(=O)C1. The van der Waals surface area contributed by atoms with E-state index in [-0.39, 0.29) is 18.2 Å². The first-order chi connectivity index (χ1) is 13.1. The summed E-state index contributed by atoms with van der Waals surface area (Å²) in [5.41, 5.74) is 1.44. The number of hydrazone groups is 1. The third-order valence-corrected chi connectivity index (χ3v) is 4.22. The number of amides is 2. The van der Waals surface area contributed by atoms with Gasteiger partial charge in [-0.25, -0.2) is 0 Å². The predicted molar refractivity (Wildman–Crippen MR) is 108 cm³/mol. The van der Waals surface area contributed by atoms with E-state index in [1.807, 2.05) is 43.3 Å². The Morgan fingerprint density at radius 2 is 2.07 bits per heavy atom. The molecule has 0 aromatic heterocycles. The van der Waals surface area contributed by atoms with Crippen LogP contribution in [0.4, 0.5) is 5.69 Å². The van der Waals surface area contributed by atoms with Gasteiger partial charge in [0, 0.05) is 16.1 Å². The fourth-order valence-electron chi connectivity index (χ4n) is 2.56. The fourth-order valence-corrected chi connectivity index (χ4v) is 2.93. The van der Waals surface area contributed by atoms with Crippen LogP contribution < -0.4 is 15.1 Å². The molecule has 0 unspecified atom stereocenters. The second kappa shape index (κ2) is 8.64. The van der Waals surface area contributed by atoms with Gasteiger partial charge >= 0.3 is 0 Å². The number of halogens is 1. The minimum absolute atomic E-state index is 0.0511. The van der Waals surface area contributed by atoms with Crippen molar-refractivity contribution in [3.05, 3.63) is 64.6 Å². The van der Waals surface area contributed by atoms with Gasteiger partial charge in [0.2, 0.25) is 5.91 Å². The summed E-state index contributed by atoms with van der Waals surface area (Å²) in [6.45, 7) is 2.43. The number of benzene rings is 2. The molecule has 0 saturated carbocycles. The Labute approximate surface area is 165 Å². The van der Waals surface area contributed by atoms with Crippen LogP contribution in [0.1, 0.15) is 18.9 Å². The van der Waals surface area contributed by atoms with Gasteiger partial charge in [0.25, 0.3) is 5.91 Å². The summed E-state index contributed by atoms with van der Waals surface area (Å²) in [7, 11) is 0. The lowest BCUT2D eigenvalue weighted by atomic mass is 10.2. The van der Waals surface area contributed by atoms with Gasteiger partial charge in [0.15, 0.2) is 0 Å². The molecule has 27 heavy (non-hydrogen) atoms. The first-order valence-electron chi connectivity index (χ1n) is 8.43. The molecule has 2 aromatic rings. The highest BCUT2D eigenvalue weighted by molar-refractivity contribution is 9.10. The Morgan fingerprint density at radius 3 is 2.81 bits per heavy atom. The number of para-hydroxylation sites is 1. The number of ether oxygens (including phenoxy) is 1. The third-order valence-electron chi connectivity index (χ3n) is 3.73. The number of anilines is 1. The molecule has 0 radical (unpaired) electrons. The Morgan fingerprint density at radius 1 is 1.30 bits per heavy atom. The van der Waals surface area contributed by atoms with E-state index >= 15 is 0 Å². The van der Waals surface area contributed by atoms with Gasteiger partial charge in [-0.15, -0.1) is 0 Å². The number of amidine groups is 1. The quantitative estimate of drug-likeness (QED) is 0.738. The molecule has 138 valence electrons. The summed E-state index contributed by atoms with van der Waals surface area (Å²) in [5, 5.41) is 8.14. The van der Waals surface area contributed by atoms with Crippen LogP contribution >= 0.6 is 15.9 Å². The molecule has 2 aromatic carbocycles. The molecule has 1 N–H and O–H groups in total. The van der Waals surface area contributed by atoms with E-state index in [9.17, 15) is 9.59 Å². The molecule has 0 saturated heterocycles. The smallest absolute Gasteiger partial charge is 0.255 e. The van der Waals surface area contributed by atoms with E-state index in [4.69, 9.17) is 4.74 Å². The van der Waals surface area contributed by atoms with Crippen LogP contribution in [-0.4, -0.2) is 24.3 Å². The topological polar surface area (TPSA) is 71.0 Å². The van der Waals surface area contributed by atoms with Gasteiger partial charge in [0.05, 0.1) is 18.7 Å². The molecule has 0 bridgehead atoms. The number of nitrogens with one attached hydrogen (secondary N) is 1. The van der Waals surface area contributed by atoms with Crippen molar-refractivity contribution in [1.29, 1.82) is 0 Å². The Kier molecular flexibility index (Phi) is 6.03. The van der Waals surface area contributed by atoms with Crippen molar-refractivity contribution in [2.45, 2.75) is 13.3 Å². The summed E-state index contributed by atoms with van der Waals surface area (Å²) in [6, 6.07) is 14.7. The molecule has 7 heteroatoms. The molecular weight excluding hydrogens is 410 g/mol. The van der Waals surface area contributed by atoms with Crippen molar-refractivity contribution in [2.75, 3.05) is 11.6 Å². The lowest BCUT2D eigenvalue weighted by Gasteiger charge is -2.10. The second-order valence-corrected chi connectivity index (χ2v) is 6.62. The maximum atomic E-state index is 12.2. The van der Waals surface area contributed by atoms with Gasteiger partial charge in [-0.1, -0.05) is 34.1 Å². The molecule has 0 atom stereocenters. The highest BCUT2D eigenvalue weighted by atomic mass is 79.9. The second-order valence-electron chi connectivity index (χ2n) is 5.70. The Hall–Kier alpha value is -2.93. The summed E-state index contributed by atoms with van der Waals surface area (Å²) in [5.74, 6) is 0.455. The highest BCUT2D eigenvalue weighted by Crippen LogP contribution is 2.24. The van der Waals surface area contributed by atoms with Crippen molar-refractivity contribution in [3.63, 3.8) is 0 Å². The first-order valence-corrected chi connectivity index (χ1v) is 9.23. The Bertz CT molecular complexity index is 910. The number of hydrogen-bond donors (Lipinski definition) is 1. The van der Waals surface area contributed by atoms with Crippen LogP contribution in [-0.2, 0) is 9.59 Å². The summed E-state index contributed by atoms with van der Waals surface area (Å²) < 4.78 is 6.44. The Balaban J connectivity index is 1.69. The van der Waals surface area contributed by atoms with Crippen LogP contribution in [0.25, 0.3) is 6.08 Å². The van der Waals surface area contributed by atoms with Crippen molar-refractivity contribution < 1.29 is 14.3 Å². The lowest BCUT2D eigenvalue weighted by molar-refractivity contribution is -0.116. The lowest BCUT2D eigenvalue weighted by Crippen LogP contribution is -2.27. The molecule has 6 nitrogen and oxygen atoms in total. The largest absolute Gasteiger partial charge is 0.493 e. The summed E-state index contributed by atoms with van der Waals surface area (Å²) in [6.07, 6.45) is 3.11.